The Morgan fingerprint density at radius 2 is 1.75 bits per heavy atom. The predicted molar refractivity (Wildman–Crippen MR) is 150 cm³/mol. The number of aromatic nitrogens is 1. The Balaban J connectivity index is 1.46. The number of ketones is 1. The van der Waals surface area contributed by atoms with Gasteiger partial charge in [0.25, 0.3) is 11.8 Å². The number of carbonyl (C=O) groups is 3. The van der Waals surface area contributed by atoms with Crippen LogP contribution in [-0.4, -0.2) is 42.3 Å². The predicted octanol–water partition coefficient (Wildman–Crippen LogP) is 4.85. The van der Waals surface area contributed by atoms with Gasteiger partial charge < -0.3 is 24.8 Å². The molecule has 0 saturated heterocycles. The molecule has 1 aliphatic rings. The summed E-state index contributed by atoms with van der Waals surface area (Å²) in [6, 6.07) is 18.0. The van der Waals surface area contributed by atoms with Crippen LogP contribution in [0.4, 0.5) is 5.69 Å². The van der Waals surface area contributed by atoms with Gasteiger partial charge in [-0.3, -0.25) is 14.4 Å². The smallest absolute Gasteiger partial charge is 0.255 e. The average Bonchev–Trinajstić information content (AvgIpc) is 2.97. The monoisotopic (exact) mass is 539 g/mol. The molecule has 2 heterocycles. The Kier molecular flexibility index (Phi) is 7.63. The number of nitrogens with one attached hydrogen (secondary N) is 2. The normalized spacial score (nSPS) is 14.3. The number of pyridine rings is 1. The van der Waals surface area contributed by atoms with Gasteiger partial charge in [-0.2, -0.15) is 0 Å². The van der Waals surface area contributed by atoms with Gasteiger partial charge in [0.1, 0.15) is 23.6 Å². The van der Waals surface area contributed by atoms with Crippen LogP contribution in [0.3, 0.4) is 0 Å². The minimum absolute atomic E-state index is 0.0626. The molecule has 4 aromatic rings. The Hall–Kier alpha value is -4.92. The minimum Gasteiger partial charge on any atom is -0.496 e. The number of amides is 2. The highest BCUT2D eigenvalue weighted by atomic mass is 16.5. The third-order valence-electron chi connectivity index (χ3n) is 6.58. The number of aryl methyl sites for hydroxylation is 1. The Bertz CT molecular complexity index is 1620. The number of hydrogen-bond acceptors (Lipinski definition) is 7. The summed E-state index contributed by atoms with van der Waals surface area (Å²) in [6.07, 6.45) is 0.714. The highest BCUT2D eigenvalue weighted by Crippen LogP contribution is 2.38. The van der Waals surface area contributed by atoms with Gasteiger partial charge in [0.05, 0.1) is 30.5 Å². The van der Waals surface area contributed by atoms with Gasteiger partial charge in [-0.25, -0.2) is 4.98 Å². The number of nitrogens with zero attached hydrogens (tertiary/aromatic N) is 1. The summed E-state index contributed by atoms with van der Waals surface area (Å²) < 4.78 is 17.9. The fourth-order valence-electron chi connectivity index (χ4n) is 4.60. The van der Waals surface area contributed by atoms with Gasteiger partial charge in [-0.05, 0) is 43.7 Å². The minimum atomic E-state index is -1.38. The molecule has 9 heteroatoms. The molecule has 40 heavy (non-hydrogen) atoms. The number of anilines is 1. The zero-order valence-electron chi connectivity index (χ0n) is 22.4. The summed E-state index contributed by atoms with van der Waals surface area (Å²) in [7, 11) is 1.54. The number of ether oxygens (including phenoxy) is 3. The summed E-state index contributed by atoms with van der Waals surface area (Å²) in [6.45, 7) is 4.31. The van der Waals surface area contributed by atoms with Crippen LogP contribution in [0.2, 0.25) is 0 Å². The van der Waals surface area contributed by atoms with Gasteiger partial charge in [0.2, 0.25) is 0 Å². The van der Waals surface area contributed by atoms with E-state index in [9.17, 15) is 14.4 Å². The maximum atomic E-state index is 13.3. The van der Waals surface area contributed by atoms with Crippen molar-refractivity contribution in [1.29, 1.82) is 0 Å². The second-order valence-corrected chi connectivity index (χ2v) is 9.35. The van der Waals surface area contributed by atoms with Crippen LogP contribution in [0.25, 0.3) is 10.9 Å². The van der Waals surface area contributed by atoms with E-state index in [4.69, 9.17) is 14.2 Å². The van der Waals surface area contributed by atoms with Crippen molar-refractivity contribution in [3.8, 4) is 17.2 Å². The highest BCUT2D eigenvalue weighted by Gasteiger charge is 2.37. The SMILES string of the molecule is CCCOc1c(NC(=O)C2NC(=O)c3ccccc3C2=O)ccc(OC)c1COc1cccc2ccc(C)nc12. The lowest BCUT2D eigenvalue weighted by Crippen LogP contribution is -2.52. The molecular formula is C31H29N3O6. The van der Waals surface area contributed by atoms with Crippen molar-refractivity contribution in [3.05, 3.63) is 89.1 Å². The van der Waals surface area contributed by atoms with Crippen LogP contribution in [0.1, 0.15) is 45.3 Å². The molecule has 1 atom stereocenters. The molecule has 0 spiro atoms. The van der Waals surface area contributed by atoms with Crippen molar-refractivity contribution in [1.82, 2.24) is 10.3 Å². The van der Waals surface area contributed by atoms with Gasteiger partial charge in [0, 0.05) is 16.6 Å². The fraction of sp³-hybridized carbons (Fsp3) is 0.226. The molecule has 0 aliphatic carbocycles. The maximum absolute atomic E-state index is 13.3. The second-order valence-electron chi connectivity index (χ2n) is 9.35. The van der Waals surface area contributed by atoms with E-state index in [1.54, 1.807) is 36.4 Å². The molecule has 1 aliphatic heterocycles. The molecule has 2 N–H and O–H groups in total. The summed E-state index contributed by atoms with van der Waals surface area (Å²) in [5.41, 5.74) is 2.94. The number of hydrogen-bond donors (Lipinski definition) is 2. The molecule has 3 aromatic carbocycles. The molecular weight excluding hydrogens is 510 g/mol. The number of rotatable bonds is 9. The Morgan fingerprint density at radius 1 is 0.950 bits per heavy atom. The van der Waals surface area contributed by atoms with Crippen LogP contribution in [-0.2, 0) is 11.4 Å². The van der Waals surface area contributed by atoms with E-state index in [0.717, 1.165) is 16.6 Å². The van der Waals surface area contributed by atoms with Gasteiger partial charge in [-0.1, -0.05) is 43.3 Å². The third-order valence-corrected chi connectivity index (χ3v) is 6.58. The molecule has 2 amide bonds. The topological polar surface area (TPSA) is 116 Å². The van der Waals surface area contributed by atoms with Gasteiger partial charge >= 0.3 is 0 Å². The van der Waals surface area contributed by atoms with Crippen LogP contribution < -0.4 is 24.8 Å². The maximum Gasteiger partial charge on any atom is 0.255 e. The van der Waals surface area contributed by atoms with E-state index in [0.29, 0.717) is 41.5 Å². The number of carbonyl (C=O) groups excluding carboxylic acids is 3. The molecule has 5 rings (SSSR count). The number of benzene rings is 3. The summed E-state index contributed by atoms with van der Waals surface area (Å²) in [5.74, 6) is -0.202. The second kappa shape index (κ2) is 11.4. The van der Waals surface area contributed by atoms with Crippen molar-refractivity contribution in [2.24, 2.45) is 0 Å². The first-order chi connectivity index (χ1) is 19.4. The van der Waals surface area contributed by atoms with Crippen molar-refractivity contribution in [2.75, 3.05) is 19.0 Å². The average molecular weight is 540 g/mol. The van der Waals surface area contributed by atoms with Crippen LogP contribution >= 0.6 is 0 Å². The highest BCUT2D eigenvalue weighted by molar-refractivity contribution is 6.25. The van der Waals surface area contributed by atoms with Crippen molar-refractivity contribution >= 4 is 34.2 Å². The molecule has 0 bridgehead atoms. The molecule has 1 aromatic heterocycles. The van der Waals surface area contributed by atoms with Crippen molar-refractivity contribution in [2.45, 2.75) is 32.9 Å². The molecule has 0 saturated carbocycles. The first kappa shape index (κ1) is 26.7. The number of Topliss-reactive ketones (excluding diaryl/α,β-unsaturated/α-hetero) is 1. The van der Waals surface area contributed by atoms with Crippen molar-refractivity contribution < 1.29 is 28.6 Å². The standard InChI is InChI=1S/C31H29N3O6/c1-4-16-39-29-22(17-40-25-11-7-8-19-13-12-18(2)32-26(19)25)24(38-3)15-14-23(29)33-31(37)27-28(35)20-9-5-6-10-21(20)30(36)34-27/h5-15,27H,4,16-17H2,1-3H3,(H,33,37)(H,34,36). The first-order valence-corrected chi connectivity index (χ1v) is 13.0. The molecule has 204 valence electrons. The van der Waals surface area contributed by atoms with Gasteiger partial charge in [-0.15, -0.1) is 0 Å². The van der Waals surface area contributed by atoms with E-state index in [1.165, 1.54) is 7.11 Å². The lowest BCUT2D eigenvalue weighted by molar-refractivity contribution is -0.117. The van der Waals surface area contributed by atoms with Crippen LogP contribution in [0.5, 0.6) is 17.2 Å². The van der Waals surface area contributed by atoms with E-state index in [-0.39, 0.29) is 17.7 Å². The summed E-state index contributed by atoms with van der Waals surface area (Å²) >= 11 is 0. The van der Waals surface area contributed by atoms with E-state index in [2.05, 4.69) is 15.6 Å². The van der Waals surface area contributed by atoms with Crippen molar-refractivity contribution in [3.63, 3.8) is 0 Å². The largest absolute Gasteiger partial charge is 0.496 e. The lowest BCUT2D eigenvalue weighted by Gasteiger charge is -2.24. The third kappa shape index (κ3) is 5.18. The molecule has 0 radical (unpaired) electrons. The van der Waals surface area contributed by atoms with E-state index < -0.39 is 23.6 Å². The lowest BCUT2D eigenvalue weighted by atomic mass is 9.93. The number of methoxy groups -OCH3 is 1. The van der Waals surface area contributed by atoms with Crippen LogP contribution in [0.15, 0.2) is 66.7 Å². The van der Waals surface area contributed by atoms with Crippen LogP contribution in [0, 0.1) is 6.92 Å². The first-order valence-electron chi connectivity index (χ1n) is 13.0. The molecule has 9 nitrogen and oxygen atoms in total. The van der Waals surface area contributed by atoms with E-state index >= 15 is 0 Å². The fourth-order valence-corrected chi connectivity index (χ4v) is 4.60. The number of fused-ring (bicyclic) bond motifs is 2. The Labute approximate surface area is 231 Å². The number of para-hydroxylation sites is 1. The molecule has 0 fully saturated rings. The summed E-state index contributed by atoms with van der Waals surface area (Å²) in [5, 5.41) is 6.23. The van der Waals surface area contributed by atoms with Gasteiger partial charge in [0.15, 0.2) is 17.6 Å². The summed E-state index contributed by atoms with van der Waals surface area (Å²) in [4.78, 5) is 43.6. The Morgan fingerprint density at radius 3 is 2.52 bits per heavy atom. The zero-order chi connectivity index (χ0) is 28.2. The quantitative estimate of drug-likeness (QED) is 0.292. The van der Waals surface area contributed by atoms with E-state index in [1.807, 2.05) is 44.2 Å². The zero-order valence-corrected chi connectivity index (χ0v) is 22.4. The molecule has 1 unspecified atom stereocenters.